The highest BCUT2D eigenvalue weighted by Gasteiger charge is 2.78. The Labute approximate surface area is 250 Å². The van der Waals surface area contributed by atoms with Crippen LogP contribution in [0.1, 0.15) is 26.7 Å². The quantitative estimate of drug-likeness (QED) is 0.395. The summed E-state index contributed by atoms with van der Waals surface area (Å²) in [4.78, 5) is 48.3. The molecule has 6 atom stereocenters. The SMILES string of the molecule is C=CCN(C(=O)[C@H]1[C@H]2C(=O)N([C@H](C)CO)C(C(=O)N(CC=C)c3ccccc3Cl)C23CC[C@]1(C)S3)c1ccccc1. The predicted molar refractivity (Wildman–Crippen MR) is 165 cm³/mol. The maximum atomic E-state index is 14.7. The molecule has 3 saturated heterocycles. The van der Waals surface area contributed by atoms with E-state index in [-0.39, 0.29) is 30.9 Å². The van der Waals surface area contributed by atoms with Crippen molar-refractivity contribution in [3.63, 3.8) is 0 Å². The molecule has 9 heteroatoms. The molecule has 2 aromatic carbocycles. The number of rotatable bonds is 10. The van der Waals surface area contributed by atoms with Crippen LogP contribution in [0.3, 0.4) is 0 Å². The Morgan fingerprint density at radius 1 is 1.07 bits per heavy atom. The molecule has 0 saturated carbocycles. The topological polar surface area (TPSA) is 81.2 Å². The van der Waals surface area contributed by atoms with Gasteiger partial charge in [-0.15, -0.1) is 24.9 Å². The molecule has 41 heavy (non-hydrogen) atoms. The van der Waals surface area contributed by atoms with Crippen LogP contribution in [-0.2, 0) is 14.4 Å². The zero-order valence-corrected chi connectivity index (χ0v) is 25.0. The van der Waals surface area contributed by atoms with Gasteiger partial charge in [0.1, 0.15) is 6.04 Å². The molecule has 3 heterocycles. The van der Waals surface area contributed by atoms with Crippen molar-refractivity contribution in [3.8, 4) is 0 Å². The summed E-state index contributed by atoms with van der Waals surface area (Å²) in [5.74, 6) is -2.05. The molecule has 7 nitrogen and oxygen atoms in total. The van der Waals surface area contributed by atoms with E-state index in [1.165, 1.54) is 0 Å². The van der Waals surface area contributed by atoms with Crippen LogP contribution in [0, 0.1) is 11.8 Å². The Kier molecular flexibility index (Phi) is 8.12. The van der Waals surface area contributed by atoms with E-state index >= 15 is 0 Å². The van der Waals surface area contributed by atoms with Gasteiger partial charge >= 0.3 is 0 Å². The minimum atomic E-state index is -0.882. The fourth-order valence-electron chi connectivity index (χ4n) is 7.06. The molecule has 2 bridgehead atoms. The van der Waals surface area contributed by atoms with Gasteiger partial charge in [-0.25, -0.2) is 0 Å². The number of benzene rings is 2. The van der Waals surface area contributed by atoms with Gasteiger partial charge in [-0.05, 0) is 51.0 Å². The lowest BCUT2D eigenvalue weighted by atomic mass is 9.66. The molecule has 3 aliphatic heterocycles. The van der Waals surface area contributed by atoms with Crippen LogP contribution in [0.4, 0.5) is 11.4 Å². The Morgan fingerprint density at radius 2 is 1.71 bits per heavy atom. The zero-order valence-electron chi connectivity index (χ0n) is 23.4. The number of fused-ring (bicyclic) bond motifs is 1. The maximum Gasteiger partial charge on any atom is 0.251 e. The monoisotopic (exact) mass is 593 g/mol. The number of halogens is 1. The van der Waals surface area contributed by atoms with Crippen molar-refractivity contribution in [1.82, 2.24) is 4.90 Å². The number of hydrogen-bond acceptors (Lipinski definition) is 5. The van der Waals surface area contributed by atoms with Gasteiger partial charge in [-0.3, -0.25) is 14.4 Å². The summed E-state index contributed by atoms with van der Waals surface area (Å²) in [5, 5.41) is 10.6. The highest BCUT2D eigenvalue weighted by molar-refractivity contribution is 8.02. The van der Waals surface area contributed by atoms with Crippen LogP contribution in [0.25, 0.3) is 0 Å². The lowest BCUT2D eigenvalue weighted by Gasteiger charge is -2.39. The number of carbonyl (C=O) groups excluding carboxylic acids is 3. The van der Waals surface area contributed by atoms with Gasteiger partial charge in [0.25, 0.3) is 5.91 Å². The number of aliphatic hydroxyl groups is 1. The van der Waals surface area contributed by atoms with E-state index < -0.39 is 33.4 Å². The van der Waals surface area contributed by atoms with E-state index in [0.29, 0.717) is 30.1 Å². The van der Waals surface area contributed by atoms with Crippen molar-refractivity contribution in [2.24, 2.45) is 11.8 Å². The van der Waals surface area contributed by atoms with Gasteiger partial charge in [0.05, 0.1) is 39.9 Å². The van der Waals surface area contributed by atoms with Gasteiger partial charge in [0.15, 0.2) is 0 Å². The highest BCUT2D eigenvalue weighted by Crippen LogP contribution is 2.72. The van der Waals surface area contributed by atoms with Crippen LogP contribution >= 0.6 is 23.4 Å². The van der Waals surface area contributed by atoms with Crippen LogP contribution in [0.2, 0.25) is 5.02 Å². The van der Waals surface area contributed by atoms with Gasteiger partial charge in [0.2, 0.25) is 11.8 Å². The average Bonchev–Trinajstić information content (AvgIpc) is 3.55. The lowest BCUT2D eigenvalue weighted by molar-refractivity contribution is -0.142. The first kappa shape index (κ1) is 29.4. The summed E-state index contributed by atoms with van der Waals surface area (Å²) >= 11 is 8.15. The predicted octanol–water partition coefficient (Wildman–Crippen LogP) is 4.94. The van der Waals surface area contributed by atoms with E-state index in [1.54, 1.807) is 63.7 Å². The first-order valence-corrected chi connectivity index (χ1v) is 15.1. The zero-order chi connectivity index (χ0) is 29.5. The van der Waals surface area contributed by atoms with Gasteiger partial charge in [-0.2, -0.15) is 0 Å². The Balaban J connectivity index is 1.62. The molecule has 3 fully saturated rings. The molecule has 1 spiro atoms. The van der Waals surface area contributed by atoms with E-state index in [2.05, 4.69) is 20.1 Å². The summed E-state index contributed by atoms with van der Waals surface area (Å²) in [6.07, 6.45) is 4.61. The molecule has 5 rings (SSSR count). The summed E-state index contributed by atoms with van der Waals surface area (Å²) in [7, 11) is 0. The third kappa shape index (κ3) is 4.60. The molecule has 2 aromatic rings. The van der Waals surface area contributed by atoms with Gasteiger partial charge in [-0.1, -0.05) is 54.1 Å². The third-order valence-electron chi connectivity index (χ3n) is 8.82. The van der Waals surface area contributed by atoms with Crippen molar-refractivity contribution in [3.05, 3.63) is 84.9 Å². The number of carbonyl (C=O) groups is 3. The van der Waals surface area contributed by atoms with Crippen molar-refractivity contribution in [2.45, 2.75) is 48.3 Å². The second-order valence-electron chi connectivity index (χ2n) is 11.3. The number of thioether (sulfide) groups is 1. The number of para-hydroxylation sites is 2. The molecule has 2 unspecified atom stereocenters. The lowest BCUT2D eigenvalue weighted by Crippen LogP contribution is -2.57. The summed E-state index contributed by atoms with van der Waals surface area (Å²) in [5.41, 5.74) is 1.26. The highest BCUT2D eigenvalue weighted by atomic mass is 35.5. The number of likely N-dealkylation sites (tertiary alicyclic amines) is 1. The normalized spacial score (nSPS) is 28.7. The average molecular weight is 594 g/mol. The van der Waals surface area contributed by atoms with E-state index in [4.69, 9.17) is 11.6 Å². The van der Waals surface area contributed by atoms with Crippen LogP contribution in [0.5, 0.6) is 0 Å². The Bertz CT molecular complexity index is 1370. The van der Waals surface area contributed by atoms with Crippen molar-refractivity contribution in [2.75, 3.05) is 29.5 Å². The Morgan fingerprint density at radius 3 is 2.34 bits per heavy atom. The largest absolute Gasteiger partial charge is 0.394 e. The second kappa shape index (κ2) is 11.3. The third-order valence-corrected chi connectivity index (χ3v) is 11.1. The van der Waals surface area contributed by atoms with Crippen molar-refractivity contribution < 1.29 is 19.5 Å². The molecule has 3 aliphatic rings. The number of anilines is 2. The van der Waals surface area contributed by atoms with Gasteiger partial charge in [0, 0.05) is 23.5 Å². The van der Waals surface area contributed by atoms with Crippen molar-refractivity contribution in [1.29, 1.82) is 0 Å². The molecular weight excluding hydrogens is 558 g/mol. The summed E-state index contributed by atoms with van der Waals surface area (Å²) < 4.78 is -1.36. The van der Waals surface area contributed by atoms with Gasteiger partial charge < -0.3 is 19.8 Å². The van der Waals surface area contributed by atoms with Crippen LogP contribution < -0.4 is 9.80 Å². The molecule has 0 radical (unpaired) electrons. The van der Waals surface area contributed by atoms with Crippen LogP contribution in [0.15, 0.2) is 79.9 Å². The standard InChI is InChI=1S/C32H36ClN3O4S/c1-5-18-34(22-12-8-7-9-13-22)28(38)25-26-29(39)36(21(3)20-37)27(32(26)17-16-31(25,4)41-32)30(40)35(19-6-2)24-15-11-10-14-23(24)33/h5-15,21,25-27,37H,1-2,16-20H2,3-4H3/t21-,25-,26+,27?,31+,32?/m1/s1. The summed E-state index contributed by atoms with van der Waals surface area (Å²) in [6, 6.07) is 15.0. The molecule has 1 N–H and O–H groups in total. The molecule has 216 valence electrons. The van der Waals surface area contributed by atoms with E-state index in [0.717, 1.165) is 5.69 Å². The molecule has 0 aromatic heterocycles. The molecule has 0 aliphatic carbocycles. The van der Waals surface area contributed by atoms with Crippen LogP contribution in [-0.4, -0.2) is 69.0 Å². The van der Waals surface area contributed by atoms with Crippen molar-refractivity contribution >= 4 is 52.5 Å². The second-order valence-corrected chi connectivity index (χ2v) is 13.6. The Hall–Kier alpha value is -3.07. The first-order chi connectivity index (χ1) is 19.6. The number of nitrogens with zero attached hydrogens (tertiary/aromatic N) is 3. The number of hydrogen-bond donors (Lipinski definition) is 1. The fourth-order valence-corrected chi connectivity index (χ4v) is 9.63. The number of aliphatic hydroxyl groups excluding tert-OH is 1. The number of amides is 3. The molecule has 3 amide bonds. The molecular formula is C32H36ClN3O4S. The van der Waals surface area contributed by atoms with E-state index in [1.807, 2.05) is 36.4 Å². The maximum absolute atomic E-state index is 14.7. The minimum Gasteiger partial charge on any atom is -0.394 e. The fraction of sp³-hybridized carbons (Fsp3) is 0.406. The smallest absolute Gasteiger partial charge is 0.251 e. The first-order valence-electron chi connectivity index (χ1n) is 13.9. The summed E-state index contributed by atoms with van der Waals surface area (Å²) in [6.45, 7) is 11.7. The van der Waals surface area contributed by atoms with E-state index in [9.17, 15) is 19.5 Å². The minimum absolute atomic E-state index is 0.148.